The Morgan fingerprint density at radius 2 is 1.84 bits per heavy atom. The van der Waals surface area contributed by atoms with E-state index in [0.29, 0.717) is 11.4 Å². The number of hydrogen-bond acceptors (Lipinski definition) is 10. The zero-order chi connectivity index (χ0) is 22.3. The van der Waals surface area contributed by atoms with Crippen LogP contribution < -0.4 is 4.90 Å². The molecule has 1 amide bonds. The van der Waals surface area contributed by atoms with Crippen LogP contribution in [0.2, 0.25) is 0 Å². The number of aromatic nitrogens is 2. The minimum Gasteiger partial charge on any atom is -0.394 e. The van der Waals surface area contributed by atoms with E-state index in [-0.39, 0.29) is 16.2 Å². The molecule has 12 heteroatoms. The molecule has 1 aromatic heterocycles. The number of carbonyl (C=O) groups excluding carboxylic acids is 1. The lowest BCUT2D eigenvalue weighted by Crippen LogP contribution is -2.64. The molecule has 10 nitrogen and oxygen atoms in total. The lowest BCUT2D eigenvalue weighted by molar-refractivity contribution is -0.257. The summed E-state index contributed by atoms with van der Waals surface area (Å²) >= 11 is 6.73. The molecule has 1 unspecified atom stereocenters. The summed E-state index contributed by atoms with van der Waals surface area (Å²) in [6.45, 7) is 1.20. The lowest BCUT2D eigenvalue weighted by Gasteiger charge is -2.44. The third-order valence-corrected chi connectivity index (χ3v) is 6.76. The van der Waals surface area contributed by atoms with Crippen LogP contribution in [-0.2, 0) is 9.53 Å². The van der Waals surface area contributed by atoms with Crippen LogP contribution in [0.3, 0.4) is 0 Å². The van der Waals surface area contributed by atoms with Crippen LogP contribution in [0.5, 0.6) is 0 Å². The summed E-state index contributed by atoms with van der Waals surface area (Å²) in [6.07, 6.45) is -6.63. The molecule has 4 N–H and O–H groups in total. The number of anilines is 1. The normalized spacial score (nSPS) is 31.5. The Hall–Kier alpha value is -2.06. The lowest BCUT2D eigenvalue weighted by atomic mass is 9.97. The Kier molecular flexibility index (Phi) is 6.30. The fourth-order valence-electron chi connectivity index (χ4n) is 3.76. The van der Waals surface area contributed by atoms with Gasteiger partial charge in [0.05, 0.1) is 6.61 Å². The van der Waals surface area contributed by atoms with E-state index >= 15 is 0 Å². The second kappa shape index (κ2) is 8.82. The second-order valence-electron chi connectivity index (χ2n) is 7.26. The zero-order valence-corrected chi connectivity index (χ0v) is 18.1. The Labute approximate surface area is 187 Å². The molecule has 3 heterocycles. The van der Waals surface area contributed by atoms with Crippen LogP contribution in [0.15, 0.2) is 30.3 Å². The highest BCUT2D eigenvalue weighted by atomic mass is 32.1. The van der Waals surface area contributed by atoms with Crippen molar-refractivity contribution in [3.8, 4) is 10.6 Å². The fraction of sp³-hybridized carbons (Fsp3) is 0.474. The quantitative estimate of drug-likeness (QED) is 0.435. The molecule has 0 aliphatic carbocycles. The number of ether oxygens (including phenoxy) is 1. The van der Waals surface area contributed by atoms with Crippen molar-refractivity contribution < 1.29 is 30.0 Å². The third-order valence-electron chi connectivity index (χ3n) is 5.41. The maximum absolute atomic E-state index is 13.2. The first-order valence-corrected chi connectivity index (χ1v) is 11.0. The molecule has 1 aromatic carbocycles. The van der Waals surface area contributed by atoms with Gasteiger partial charge in [-0.1, -0.05) is 48.6 Å². The monoisotopic (exact) mass is 466 g/mol. The summed E-state index contributed by atoms with van der Waals surface area (Å²) < 4.78 is 5.64. The van der Waals surface area contributed by atoms with Crippen LogP contribution in [0.4, 0.5) is 5.13 Å². The highest BCUT2D eigenvalue weighted by Gasteiger charge is 2.53. The molecule has 2 saturated heterocycles. The number of nitrogens with zero attached hydrogens (tertiary/aromatic N) is 4. The van der Waals surface area contributed by atoms with Crippen molar-refractivity contribution in [3.63, 3.8) is 0 Å². The standard InChI is InChI=1S/C19H22N4O6S2/c1-2-10-16(28)23(18-21-20-15(31-18)9-6-4-3-5-7-9)19(30)22(10)17-14(27)13(26)12(25)11(8-24)29-17/h3-7,10-14,17,24-27H,2,8H2,1H3/t10?,11-,12-,13+,14-,17-/m1/s1. The summed E-state index contributed by atoms with van der Waals surface area (Å²) in [5.74, 6) is -0.361. The van der Waals surface area contributed by atoms with Crippen LogP contribution in [-0.4, -0.2) is 89.8 Å². The van der Waals surface area contributed by atoms with E-state index in [2.05, 4.69) is 10.2 Å². The summed E-state index contributed by atoms with van der Waals surface area (Å²) in [4.78, 5) is 15.8. The predicted molar refractivity (Wildman–Crippen MR) is 115 cm³/mol. The maximum Gasteiger partial charge on any atom is 0.258 e. The Morgan fingerprint density at radius 1 is 1.13 bits per heavy atom. The second-order valence-corrected chi connectivity index (χ2v) is 8.58. The molecule has 2 aliphatic rings. The largest absolute Gasteiger partial charge is 0.394 e. The van der Waals surface area contributed by atoms with E-state index in [1.54, 1.807) is 6.92 Å². The van der Waals surface area contributed by atoms with Crippen molar-refractivity contribution >= 4 is 39.7 Å². The molecule has 2 aromatic rings. The van der Waals surface area contributed by atoms with Gasteiger partial charge in [-0.2, -0.15) is 0 Å². The minimum absolute atomic E-state index is 0.0388. The molecule has 31 heavy (non-hydrogen) atoms. The van der Waals surface area contributed by atoms with Crippen molar-refractivity contribution in [1.29, 1.82) is 0 Å². The topological polar surface area (TPSA) is 139 Å². The van der Waals surface area contributed by atoms with E-state index < -0.39 is 43.3 Å². The van der Waals surface area contributed by atoms with Gasteiger partial charge >= 0.3 is 0 Å². The molecule has 2 aliphatic heterocycles. The molecule has 4 rings (SSSR count). The van der Waals surface area contributed by atoms with Crippen molar-refractivity contribution in [3.05, 3.63) is 30.3 Å². The zero-order valence-electron chi connectivity index (χ0n) is 16.5. The summed E-state index contributed by atoms with van der Waals surface area (Å²) in [7, 11) is 0. The van der Waals surface area contributed by atoms with Crippen LogP contribution in [0, 0.1) is 0 Å². The van der Waals surface area contributed by atoms with Gasteiger partial charge < -0.3 is 30.1 Å². The number of aliphatic hydroxyl groups is 4. The molecular formula is C19H22N4O6S2. The van der Waals surface area contributed by atoms with Gasteiger partial charge in [-0.3, -0.25) is 4.79 Å². The highest BCUT2D eigenvalue weighted by Crippen LogP contribution is 2.36. The average molecular weight is 467 g/mol. The van der Waals surface area contributed by atoms with Gasteiger partial charge in [-0.25, -0.2) is 4.90 Å². The first-order valence-electron chi connectivity index (χ1n) is 9.74. The van der Waals surface area contributed by atoms with Crippen LogP contribution in [0.1, 0.15) is 13.3 Å². The summed E-state index contributed by atoms with van der Waals surface area (Å²) in [5, 5.41) is 49.5. The fourth-order valence-corrected chi connectivity index (χ4v) is 5.08. The molecule has 6 atom stereocenters. The van der Waals surface area contributed by atoms with E-state index in [0.717, 1.165) is 5.56 Å². The molecule has 0 radical (unpaired) electrons. The first-order chi connectivity index (χ1) is 14.9. The smallest absolute Gasteiger partial charge is 0.258 e. The van der Waals surface area contributed by atoms with Gasteiger partial charge in [0.25, 0.3) is 5.91 Å². The van der Waals surface area contributed by atoms with Crippen molar-refractivity contribution in [2.24, 2.45) is 0 Å². The molecule has 0 spiro atoms. The Bertz CT molecular complexity index is 958. The predicted octanol–water partition coefficient (Wildman–Crippen LogP) is -0.283. The number of amides is 1. The van der Waals surface area contributed by atoms with E-state index in [9.17, 15) is 25.2 Å². The van der Waals surface area contributed by atoms with Gasteiger partial charge in [-0.05, 0) is 18.6 Å². The van der Waals surface area contributed by atoms with Gasteiger partial charge in [0, 0.05) is 5.56 Å². The summed E-state index contributed by atoms with van der Waals surface area (Å²) in [5.41, 5.74) is 0.849. The minimum atomic E-state index is -1.58. The van der Waals surface area contributed by atoms with Crippen molar-refractivity contribution in [2.75, 3.05) is 11.5 Å². The molecule has 0 bridgehead atoms. The number of benzene rings is 1. The number of thiocarbonyl (C=S) groups is 1. The van der Waals surface area contributed by atoms with Gasteiger partial charge in [0.1, 0.15) is 35.5 Å². The van der Waals surface area contributed by atoms with E-state index in [4.69, 9.17) is 17.0 Å². The first kappa shape index (κ1) is 22.1. The van der Waals surface area contributed by atoms with Crippen LogP contribution >= 0.6 is 23.6 Å². The maximum atomic E-state index is 13.2. The number of hydrogen-bond donors (Lipinski definition) is 4. The summed E-state index contributed by atoms with van der Waals surface area (Å²) in [6, 6.07) is 8.60. The van der Waals surface area contributed by atoms with Crippen LogP contribution in [0.25, 0.3) is 10.6 Å². The molecular weight excluding hydrogens is 444 g/mol. The number of aliphatic hydroxyl groups excluding tert-OH is 4. The Morgan fingerprint density at radius 3 is 2.48 bits per heavy atom. The third kappa shape index (κ3) is 3.74. The van der Waals surface area contributed by atoms with E-state index in [1.807, 2.05) is 30.3 Å². The average Bonchev–Trinajstić information content (AvgIpc) is 3.35. The molecule has 166 valence electrons. The SMILES string of the molecule is CCC1C(=O)N(c2nnc(-c3ccccc3)s2)C(=S)N1[C@@H]1O[C@H](CO)[C@@H](O)[C@H](O)[C@H]1O. The number of rotatable bonds is 5. The highest BCUT2D eigenvalue weighted by molar-refractivity contribution is 7.80. The Balaban J connectivity index is 1.65. The number of carbonyl (C=O) groups is 1. The van der Waals surface area contributed by atoms with E-state index in [1.165, 1.54) is 21.1 Å². The van der Waals surface area contributed by atoms with Gasteiger partial charge in [-0.15, -0.1) is 10.2 Å². The van der Waals surface area contributed by atoms with Crippen molar-refractivity contribution in [1.82, 2.24) is 15.1 Å². The molecule has 2 fully saturated rings. The molecule has 0 saturated carbocycles. The van der Waals surface area contributed by atoms with Gasteiger partial charge in [0.15, 0.2) is 11.3 Å². The van der Waals surface area contributed by atoms with Gasteiger partial charge in [0.2, 0.25) is 5.13 Å². The van der Waals surface area contributed by atoms with Crippen molar-refractivity contribution in [2.45, 2.75) is 50.0 Å².